The van der Waals surface area contributed by atoms with Gasteiger partial charge in [-0.25, -0.2) is 0 Å². The summed E-state index contributed by atoms with van der Waals surface area (Å²) in [5.41, 5.74) is -0.760. The van der Waals surface area contributed by atoms with Crippen LogP contribution in [0.1, 0.15) is 34.1 Å². The van der Waals surface area contributed by atoms with E-state index in [0.717, 1.165) is 0 Å². The molecule has 0 aliphatic heterocycles. The van der Waals surface area contributed by atoms with Gasteiger partial charge in [0, 0.05) is 12.6 Å². The Balaban J connectivity index is 2.63. The molecule has 0 aromatic rings. The maximum absolute atomic E-state index is 12.3. The minimum absolute atomic E-state index is 0.0486. The highest BCUT2D eigenvalue weighted by Crippen LogP contribution is 2.64. The molecule has 6 heteroatoms. The van der Waals surface area contributed by atoms with Crippen molar-refractivity contribution in [1.29, 1.82) is 0 Å². The molecule has 1 rings (SSSR count). The van der Waals surface area contributed by atoms with Gasteiger partial charge >= 0.3 is 0 Å². The lowest BCUT2D eigenvalue weighted by Gasteiger charge is -2.25. The van der Waals surface area contributed by atoms with Crippen molar-refractivity contribution in [2.75, 3.05) is 13.1 Å². The Kier molecular flexibility index (Phi) is 4.55. The lowest BCUT2D eigenvalue weighted by molar-refractivity contribution is -0.140. The van der Waals surface area contributed by atoms with E-state index in [-0.39, 0.29) is 24.4 Å². The molecule has 1 saturated carbocycles. The summed E-state index contributed by atoms with van der Waals surface area (Å²) >= 11 is 12.0. The molecule has 1 fully saturated rings. The molecule has 0 aromatic carbocycles. The summed E-state index contributed by atoms with van der Waals surface area (Å²) in [6, 6.07) is 0.0583. The van der Waals surface area contributed by atoms with Crippen molar-refractivity contribution < 1.29 is 9.59 Å². The van der Waals surface area contributed by atoms with Crippen LogP contribution in [0.2, 0.25) is 0 Å². The van der Waals surface area contributed by atoms with Crippen molar-refractivity contribution in [3.63, 3.8) is 0 Å². The number of halogens is 2. The molecule has 0 aromatic heterocycles. The number of alkyl halides is 2. The third-order valence-electron chi connectivity index (χ3n) is 3.18. The normalized spacial score (nSPS) is 24.8. The van der Waals surface area contributed by atoms with Crippen molar-refractivity contribution >= 4 is 35.0 Å². The Morgan fingerprint density at radius 2 is 1.89 bits per heavy atom. The molecule has 0 radical (unpaired) electrons. The Morgan fingerprint density at radius 1 is 1.39 bits per heavy atom. The molecule has 1 aliphatic carbocycles. The quantitative estimate of drug-likeness (QED) is 0.788. The number of carbonyl (C=O) groups excluding carboxylic acids is 2. The predicted molar refractivity (Wildman–Crippen MR) is 72.7 cm³/mol. The first-order valence-electron chi connectivity index (χ1n) is 6.10. The van der Waals surface area contributed by atoms with Crippen LogP contribution < -0.4 is 5.32 Å². The fourth-order valence-electron chi connectivity index (χ4n) is 1.85. The van der Waals surface area contributed by atoms with E-state index in [2.05, 4.69) is 5.32 Å². The van der Waals surface area contributed by atoms with E-state index in [0.29, 0.717) is 13.0 Å². The summed E-state index contributed by atoms with van der Waals surface area (Å²) < 4.78 is -0.994. The molecule has 0 heterocycles. The van der Waals surface area contributed by atoms with Crippen molar-refractivity contribution in [2.45, 2.75) is 44.5 Å². The molecule has 1 unspecified atom stereocenters. The van der Waals surface area contributed by atoms with E-state index < -0.39 is 9.75 Å². The summed E-state index contributed by atoms with van der Waals surface area (Å²) in [6.45, 7) is 7.83. The van der Waals surface area contributed by atoms with Gasteiger partial charge in [0.15, 0.2) is 0 Å². The van der Waals surface area contributed by atoms with Crippen LogP contribution in [0.25, 0.3) is 0 Å². The summed E-state index contributed by atoms with van der Waals surface area (Å²) in [6.07, 6.45) is 0.435. The molecule has 0 spiro atoms. The first kappa shape index (κ1) is 15.6. The smallest absolute Gasteiger partial charge is 0.239 e. The second-order valence-corrected chi connectivity index (χ2v) is 6.74. The van der Waals surface area contributed by atoms with Crippen LogP contribution in [0.4, 0.5) is 0 Å². The van der Waals surface area contributed by atoms with E-state index in [1.54, 1.807) is 6.92 Å². The first-order chi connectivity index (χ1) is 8.14. The van der Waals surface area contributed by atoms with E-state index in [1.807, 2.05) is 20.8 Å². The van der Waals surface area contributed by atoms with Gasteiger partial charge in [-0.3, -0.25) is 9.59 Å². The molecule has 18 heavy (non-hydrogen) atoms. The zero-order valence-corrected chi connectivity index (χ0v) is 12.7. The average Bonchev–Trinajstić information content (AvgIpc) is 2.74. The second kappa shape index (κ2) is 5.25. The van der Waals surface area contributed by atoms with Crippen LogP contribution in [-0.2, 0) is 9.59 Å². The second-order valence-electron chi connectivity index (χ2n) is 5.25. The summed E-state index contributed by atoms with van der Waals surface area (Å²) in [5.74, 6) is -0.326. The third kappa shape index (κ3) is 3.09. The number of hydrogen-bond acceptors (Lipinski definition) is 2. The minimum atomic E-state index is -0.994. The molecule has 2 amide bonds. The van der Waals surface area contributed by atoms with Gasteiger partial charge in [-0.2, -0.15) is 0 Å². The van der Waals surface area contributed by atoms with Crippen molar-refractivity contribution in [2.24, 2.45) is 5.41 Å². The largest absolute Gasteiger partial charge is 0.352 e. The van der Waals surface area contributed by atoms with Gasteiger partial charge in [0.1, 0.15) is 4.33 Å². The van der Waals surface area contributed by atoms with E-state index in [4.69, 9.17) is 23.2 Å². The molecule has 104 valence electrons. The predicted octanol–water partition coefficient (Wildman–Crippen LogP) is 1.94. The zero-order valence-electron chi connectivity index (χ0n) is 11.2. The van der Waals surface area contributed by atoms with Crippen molar-refractivity contribution in [1.82, 2.24) is 10.2 Å². The Morgan fingerprint density at radius 3 is 2.22 bits per heavy atom. The number of carbonyl (C=O) groups is 2. The lowest BCUT2D eigenvalue weighted by atomic mass is 10.1. The first-order valence-corrected chi connectivity index (χ1v) is 6.86. The van der Waals surface area contributed by atoms with Crippen LogP contribution in [-0.4, -0.2) is 40.2 Å². The highest BCUT2D eigenvalue weighted by atomic mass is 35.5. The number of hydrogen-bond donors (Lipinski definition) is 1. The van der Waals surface area contributed by atoms with Gasteiger partial charge in [-0.15, -0.1) is 23.2 Å². The molecule has 0 saturated heterocycles. The van der Waals surface area contributed by atoms with Gasteiger partial charge in [0.2, 0.25) is 11.8 Å². The van der Waals surface area contributed by atoms with Crippen LogP contribution in [0.3, 0.4) is 0 Å². The lowest BCUT2D eigenvalue weighted by Crippen LogP contribution is -2.45. The number of nitrogens with one attached hydrogen (secondary N) is 1. The van der Waals surface area contributed by atoms with Gasteiger partial charge in [-0.1, -0.05) is 0 Å². The van der Waals surface area contributed by atoms with Gasteiger partial charge in [0.05, 0.1) is 12.0 Å². The molecule has 4 nitrogen and oxygen atoms in total. The zero-order chi connectivity index (χ0) is 14.1. The molecule has 1 aliphatic rings. The van der Waals surface area contributed by atoms with E-state index in [1.165, 1.54) is 4.90 Å². The van der Waals surface area contributed by atoms with E-state index >= 15 is 0 Å². The maximum atomic E-state index is 12.3. The SMILES string of the molecule is CCN(CC(=O)NC(C)C)C(=O)C1(C)CC1(Cl)Cl. The summed E-state index contributed by atoms with van der Waals surface area (Å²) in [5, 5.41) is 2.76. The van der Waals surface area contributed by atoms with Crippen LogP contribution in [0, 0.1) is 5.41 Å². The highest BCUT2D eigenvalue weighted by Gasteiger charge is 2.68. The topological polar surface area (TPSA) is 49.4 Å². The van der Waals surface area contributed by atoms with E-state index in [9.17, 15) is 9.59 Å². The average molecular weight is 295 g/mol. The number of rotatable bonds is 5. The maximum Gasteiger partial charge on any atom is 0.239 e. The van der Waals surface area contributed by atoms with Crippen molar-refractivity contribution in [3.05, 3.63) is 0 Å². The number of amides is 2. The number of nitrogens with zero attached hydrogens (tertiary/aromatic N) is 1. The fourth-order valence-corrected chi connectivity index (χ4v) is 2.55. The van der Waals surface area contributed by atoms with Crippen LogP contribution >= 0.6 is 23.2 Å². The van der Waals surface area contributed by atoms with Gasteiger partial charge in [-0.05, 0) is 34.1 Å². The molecule has 0 bridgehead atoms. The Labute approximate surface area is 118 Å². The molecule has 1 atom stereocenters. The Bertz CT molecular complexity index is 358. The minimum Gasteiger partial charge on any atom is -0.352 e. The van der Waals surface area contributed by atoms with Gasteiger partial charge < -0.3 is 10.2 Å². The summed E-state index contributed by atoms with van der Waals surface area (Å²) in [7, 11) is 0. The van der Waals surface area contributed by atoms with Crippen LogP contribution in [0.15, 0.2) is 0 Å². The molecule has 1 N–H and O–H groups in total. The number of likely N-dealkylation sites (N-methyl/N-ethyl adjacent to an activating group) is 1. The van der Waals surface area contributed by atoms with Crippen molar-refractivity contribution in [3.8, 4) is 0 Å². The standard InChI is InChI=1S/C12H20Cl2N2O2/c1-5-16(6-9(17)15-8(2)3)10(18)11(4)7-12(11,13)14/h8H,5-7H2,1-4H3,(H,15,17). The Hall–Kier alpha value is -0.480. The monoisotopic (exact) mass is 294 g/mol. The van der Waals surface area contributed by atoms with Gasteiger partial charge in [0.25, 0.3) is 0 Å². The van der Waals surface area contributed by atoms with Crippen LogP contribution in [0.5, 0.6) is 0 Å². The fraction of sp³-hybridized carbons (Fsp3) is 0.833. The summed E-state index contributed by atoms with van der Waals surface area (Å²) in [4.78, 5) is 25.4. The third-order valence-corrected chi connectivity index (χ3v) is 4.28. The highest BCUT2D eigenvalue weighted by molar-refractivity contribution is 6.53. The molecular weight excluding hydrogens is 275 g/mol. The molecular formula is C12H20Cl2N2O2.